The Balaban J connectivity index is 2.28. The van der Waals surface area contributed by atoms with Crippen molar-refractivity contribution < 1.29 is 14.6 Å². The fraction of sp³-hybridized carbons (Fsp3) is 0.929. The highest BCUT2D eigenvalue weighted by Crippen LogP contribution is 2.28. The Kier molecular flexibility index (Phi) is 6.47. The lowest BCUT2D eigenvalue weighted by molar-refractivity contribution is 0.0465. The molecule has 1 rings (SSSR count). The number of rotatable bonds is 4. The van der Waals surface area contributed by atoms with Gasteiger partial charge in [0.25, 0.3) is 0 Å². The Morgan fingerprint density at radius 1 is 1.37 bits per heavy atom. The molecule has 4 nitrogen and oxygen atoms in total. The van der Waals surface area contributed by atoms with Crippen LogP contribution in [-0.2, 0) is 4.74 Å². The number of carbonyl (C=O) groups is 1. The highest BCUT2D eigenvalue weighted by molar-refractivity contribution is 7.98. The van der Waals surface area contributed by atoms with Crippen LogP contribution in [0.2, 0.25) is 0 Å². The average Bonchev–Trinajstić information content (AvgIpc) is 2.27. The lowest BCUT2D eigenvalue weighted by Crippen LogP contribution is -2.42. The van der Waals surface area contributed by atoms with E-state index >= 15 is 0 Å². The highest BCUT2D eigenvalue weighted by atomic mass is 32.2. The number of nitrogens with one attached hydrogen (secondary N) is 1. The van der Waals surface area contributed by atoms with E-state index in [9.17, 15) is 9.90 Å². The van der Waals surface area contributed by atoms with Gasteiger partial charge in [0.1, 0.15) is 5.60 Å². The number of hydrogen-bond donors (Lipinski definition) is 2. The Morgan fingerprint density at radius 3 is 2.42 bits per heavy atom. The van der Waals surface area contributed by atoms with Crippen LogP contribution in [0.3, 0.4) is 0 Å². The number of aliphatic hydroxyl groups is 1. The molecule has 1 aliphatic carbocycles. The highest BCUT2D eigenvalue weighted by Gasteiger charge is 2.28. The minimum atomic E-state index is -0.449. The molecule has 1 aliphatic rings. The predicted octanol–water partition coefficient (Wildman–Crippen LogP) is 2.79. The lowest BCUT2D eigenvalue weighted by Gasteiger charge is -2.32. The molecule has 1 unspecified atom stereocenters. The minimum absolute atomic E-state index is 0.188. The normalized spacial score (nSPS) is 25.7. The molecule has 2 N–H and O–H groups in total. The Bertz CT molecular complexity index is 283. The maximum absolute atomic E-state index is 11.7. The second-order valence-corrected chi connectivity index (χ2v) is 7.19. The van der Waals surface area contributed by atoms with Crippen LogP contribution in [0.1, 0.15) is 46.5 Å². The van der Waals surface area contributed by atoms with Gasteiger partial charge in [-0.25, -0.2) is 4.79 Å². The number of hydrogen-bond acceptors (Lipinski definition) is 4. The molecule has 1 saturated carbocycles. The molecule has 19 heavy (non-hydrogen) atoms. The summed E-state index contributed by atoms with van der Waals surface area (Å²) < 4.78 is 5.25. The van der Waals surface area contributed by atoms with Crippen molar-refractivity contribution in [1.82, 2.24) is 5.32 Å². The standard InChI is InChI=1S/C14H27NO3S/c1-14(2,3)18-13(17)15-11-7-5-10(6-8-11)12(16)9-19-4/h10-12,16H,5-9H2,1-4H3,(H,15,17). The van der Waals surface area contributed by atoms with Crippen molar-refractivity contribution in [3.8, 4) is 0 Å². The first-order valence-corrected chi connectivity index (χ1v) is 8.37. The summed E-state index contributed by atoms with van der Waals surface area (Å²) in [5.74, 6) is 1.18. The van der Waals surface area contributed by atoms with Crippen molar-refractivity contribution in [3.05, 3.63) is 0 Å². The van der Waals surface area contributed by atoms with E-state index in [1.165, 1.54) is 0 Å². The van der Waals surface area contributed by atoms with Crippen molar-refractivity contribution >= 4 is 17.9 Å². The largest absolute Gasteiger partial charge is 0.444 e. The minimum Gasteiger partial charge on any atom is -0.444 e. The zero-order chi connectivity index (χ0) is 14.5. The van der Waals surface area contributed by atoms with E-state index < -0.39 is 5.60 Å². The molecule has 0 aromatic rings. The van der Waals surface area contributed by atoms with Crippen LogP contribution in [0, 0.1) is 5.92 Å². The molecule has 0 bridgehead atoms. The van der Waals surface area contributed by atoms with Gasteiger partial charge in [0, 0.05) is 11.8 Å². The molecular weight excluding hydrogens is 262 g/mol. The fourth-order valence-corrected chi connectivity index (χ4v) is 3.04. The number of alkyl carbamates (subject to hydrolysis) is 1. The van der Waals surface area contributed by atoms with Gasteiger partial charge in [-0.05, 0) is 58.6 Å². The Morgan fingerprint density at radius 2 is 1.95 bits per heavy atom. The van der Waals surface area contributed by atoms with Crippen LogP contribution in [-0.4, -0.2) is 41.0 Å². The summed E-state index contributed by atoms with van der Waals surface area (Å²) in [6.07, 6.45) is 5.27. The van der Waals surface area contributed by atoms with E-state index in [0.29, 0.717) is 5.92 Å². The van der Waals surface area contributed by atoms with Gasteiger partial charge in [-0.2, -0.15) is 11.8 Å². The molecule has 112 valence electrons. The number of carbonyl (C=O) groups excluding carboxylic acids is 1. The molecule has 0 aromatic carbocycles. The summed E-state index contributed by atoms with van der Waals surface area (Å²) in [5.41, 5.74) is -0.449. The Labute approximate surface area is 120 Å². The van der Waals surface area contributed by atoms with Gasteiger partial charge in [0.05, 0.1) is 6.10 Å². The molecule has 1 fully saturated rings. The Hall–Kier alpha value is -0.420. The van der Waals surface area contributed by atoms with Gasteiger partial charge in [-0.1, -0.05) is 0 Å². The van der Waals surface area contributed by atoms with Crippen molar-refractivity contribution in [3.63, 3.8) is 0 Å². The number of thioether (sulfide) groups is 1. The first-order valence-electron chi connectivity index (χ1n) is 6.98. The average molecular weight is 289 g/mol. The van der Waals surface area contributed by atoms with E-state index in [0.717, 1.165) is 31.4 Å². The monoisotopic (exact) mass is 289 g/mol. The van der Waals surface area contributed by atoms with E-state index in [2.05, 4.69) is 5.32 Å². The van der Waals surface area contributed by atoms with Crippen LogP contribution >= 0.6 is 11.8 Å². The molecule has 1 atom stereocenters. The van der Waals surface area contributed by atoms with Crippen LogP contribution in [0.25, 0.3) is 0 Å². The topological polar surface area (TPSA) is 58.6 Å². The summed E-state index contributed by atoms with van der Waals surface area (Å²) in [5, 5.41) is 12.9. The van der Waals surface area contributed by atoms with E-state index in [-0.39, 0.29) is 18.2 Å². The first kappa shape index (κ1) is 16.6. The predicted molar refractivity (Wildman–Crippen MR) is 79.5 cm³/mol. The van der Waals surface area contributed by atoms with Gasteiger partial charge in [0.15, 0.2) is 0 Å². The van der Waals surface area contributed by atoms with Crippen molar-refractivity contribution in [2.24, 2.45) is 5.92 Å². The van der Waals surface area contributed by atoms with Crippen LogP contribution in [0.4, 0.5) is 4.79 Å². The summed E-state index contributed by atoms with van der Waals surface area (Å²) in [4.78, 5) is 11.7. The third-order valence-corrected chi connectivity index (χ3v) is 4.05. The zero-order valence-corrected chi connectivity index (χ0v) is 13.3. The molecular formula is C14H27NO3S. The lowest BCUT2D eigenvalue weighted by atomic mass is 9.83. The third kappa shape index (κ3) is 6.52. The van der Waals surface area contributed by atoms with E-state index in [1.54, 1.807) is 11.8 Å². The van der Waals surface area contributed by atoms with Gasteiger partial charge < -0.3 is 15.2 Å². The van der Waals surface area contributed by atoms with E-state index in [1.807, 2.05) is 27.0 Å². The summed E-state index contributed by atoms with van der Waals surface area (Å²) in [7, 11) is 0. The molecule has 0 spiro atoms. The number of aliphatic hydroxyl groups excluding tert-OH is 1. The number of ether oxygens (including phenoxy) is 1. The maximum atomic E-state index is 11.7. The smallest absolute Gasteiger partial charge is 0.407 e. The molecule has 0 heterocycles. The molecule has 0 aliphatic heterocycles. The quantitative estimate of drug-likeness (QED) is 0.835. The number of amides is 1. The van der Waals surface area contributed by atoms with Crippen LogP contribution in [0.5, 0.6) is 0 Å². The van der Waals surface area contributed by atoms with Crippen LogP contribution < -0.4 is 5.32 Å². The van der Waals surface area contributed by atoms with Gasteiger partial charge in [0.2, 0.25) is 0 Å². The summed E-state index contributed by atoms with van der Waals surface area (Å²) in [6, 6.07) is 0.188. The summed E-state index contributed by atoms with van der Waals surface area (Å²) >= 11 is 1.68. The SMILES string of the molecule is CSCC(O)C1CCC(NC(=O)OC(C)(C)C)CC1. The molecule has 0 radical (unpaired) electrons. The third-order valence-electron chi connectivity index (χ3n) is 3.37. The van der Waals surface area contributed by atoms with Gasteiger partial charge >= 0.3 is 6.09 Å². The van der Waals surface area contributed by atoms with Crippen molar-refractivity contribution in [2.45, 2.75) is 64.2 Å². The molecule has 0 aromatic heterocycles. The summed E-state index contributed by atoms with van der Waals surface area (Å²) in [6.45, 7) is 5.59. The van der Waals surface area contributed by atoms with Crippen molar-refractivity contribution in [2.75, 3.05) is 12.0 Å². The van der Waals surface area contributed by atoms with Crippen molar-refractivity contribution in [1.29, 1.82) is 0 Å². The second kappa shape index (κ2) is 7.39. The zero-order valence-electron chi connectivity index (χ0n) is 12.4. The van der Waals surface area contributed by atoms with Gasteiger partial charge in [-0.15, -0.1) is 0 Å². The molecule has 1 amide bonds. The maximum Gasteiger partial charge on any atom is 0.407 e. The second-order valence-electron chi connectivity index (χ2n) is 6.28. The fourth-order valence-electron chi connectivity index (χ4n) is 2.43. The van der Waals surface area contributed by atoms with E-state index in [4.69, 9.17) is 4.74 Å². The van der Waals surface area contributed by atoms with Crippen LogP contribution in [0.15, 0.2) is 0 Å². The molecule has 5 heteroatoms. The van der Waals surface area contributed by atoms with Gasteiger partial charge in [-0.3, -0.25) is 0 Å². The molecule has 0 saturated heterocycles. The first-order chi connectivity index (χ1) is 8.81.